The van der Waals surface area contributed by atoms with Crippen molar-refractivity contribution in [2.45, 2.75) is 12.5 Å². The number of aliphatic hydroxyl groups is 1. The van der Waals surface area contributed by atoms with E-state index in [0.29, 0.717) is 34.5 Å². The van der Waals surface area contributed by atoms with Crippen LogP contribution in [-0.4, -0.2) is 29.1 Å². The summed E-state index contributed by atoms with van der Waals surface area (Å²) < 4.78 is 5.80. The number of fused-ring (bicyclic) bond motifs is 2. The van der Waals surface area contributed by atoms with E-state index in [9.17, 15) is 14.7 Å². The fourth-order valence-corrected chi connectivity index (χ4v) is 3.56. The Morgan fingerprint density at radius 3 is 2.54 bits per heavy atom. The second-order valence-corrected chi connectivity index (χ2v) is 6.64. The van der Waals surface area contributed by atoms with E-state index in [1.54, 1.807) is 53.4 Å². The fraction of sp³-hybridized carbons (Fsp3) is 0.200. The van der Waals surface area contributed by atoms with Gasteiger partial charge < -0.3 is 14.4 Å². The zero-order chi connectivity index (χ0) is 18.3. The molecule has 0 spiro atoms. The molecule has 0 saturated carbocycles. The number of hydrogen-bond acceptors (Lipinski definition) is 4. The maximum atomic E-state index is 13.1. The Kier molecular flexibility index (Phi) is 4.26. The molecule has 1 aliphatic rings. The van der Waals surface area contributed by atoms with Gasteiger partial charge in [-0.05, 0) is 36.2 Å². The van der Waals surface area contributed by atoms with Gasteiger partial charge >= 0.3 is 0 Å². The van der Waals surface area contributed by atoms with Crippen molar-refractivity contribution in [2.24, 2.45) is 0 Å². The molecule has 2 aromatic carbocycles. The molecule has 1 atom stereocenters. The second-order valence-electron chi connectivity index (χ2n) is 6.20. The highest BCUT2D eigenvalue weighted by molar-refractivity contribution is 6.30. The molecule has 4 rings (SSSR count). The highest BCUT2D eigenvalue weighted by Crippen LogP contribution is 2.38. The normalized spacial score (nSPS) is 16.3. The third-order valence-corrected chi connectivity index (χ3v) is 4.87. The Morgan fingerprint density at radius 1 is 1.08 bits per heavy atom. The molecule has 6 heteroatoms. The van der Waals surface area contributed by atoms with Gasteiger partial charge in [-0.1, -0.05) is 35.9 Å². The first-order valence-electron chi connectivity index (χ1n) is 8.35. The number of nitrogens with zero attached hydrogens (tertiary/aromatic N) is 1. The van der Waals surface area contributed by atoms with Crippen LogP contribution in [0.15, 0.2) is 57.7 Å². The third kappa shape index (κ3) is 2.60. The molecule has 1 unspecified atom stereocenters. The molecule has 2 heterocycles. The number of carbonyl (C=O) groups is 1. The molecule has 1 N–H and O–H groups in total. The summed E-state index contributed by atoms with van der Waals surface area (Å²) in [5.41, 5.74) is 1.31. The van der Waals surface area contributed by atoms with E-state index in [1.807, 2.05) is 0 Å². The maximum absolute atomic E-state index is 13.1. The smallest absolute Gasteiger partial charge is 0.290 e. The molecule has 0 radical (unpaired) electrons. The van der Waals surface area contributed by atoms with Crippen molar-refractivity contribution in [3.05, 3.63) is 80.7 Å². The highest BCUT2D eigenvalue weighted by atomic mass is 35.5. The summed E-state index contributed by atoms with van der Waals surface area (Å²) in [6.45, 7) is 0.277. The van der Waals surface area contributed by atoms with E-state index in [4.69, 9.17) is 16.0 Å². The van der Waals surface area contributed by atoms with Crippen LogP contribution in [0.5, 0.6) is 0 Å². The first-order valence-corrected chi connectivity index (χ1v) is 8.72. The number of aliphatic hydroxyl groups excluding tert-OH is 1. The van der Waals surface area contributed by atoms with Crippen LogP contribution in [0, 0.1) is 0 Å². The van der Waals surface area contributed by atoms with E-state index < -0.39 is 6.04 Å². The Hall–Kier alpha value is -2.63. The van der Waals surface area contributed by atoms with Crippen LogP contribution in [0.1, 0.15) is 34.1 Å². The van der Waals surface area contributed by atoms with E-state index in [0.717, 1.165) is 5.56 Å². The molecule has 26 heavy (non-hydrogen) atoms. The second kappa shape index (κ2) is 6.59. The summed E-state index contributed by atoms with van der Waals surface area (Å²) in [6.07, 6.45) is 0.414. The molecule has 0 fully saturated rings. The summed E-state index contributed by atoms with van der Waals surface area (Å²) >= 11 is 5.98. The number of carbonyl (C=O) groups excluding carboxylic acids is 1. The zero-order valence-electron chi connectivity index (χ0n) is 13.8. The van der Waals surface area contributed by atoms with Crippen molar-refractivity contribution in [1.29, 1.82) is 0 Å². The van der Waals surface area contributed by atoms with Crippen molar-refractivity contribution >= 4 is 28.5 Å². The van der Waals surface area contributed by atoms with Crippen molar-refractivity contribution in [1.82, 2.24) is 4.90 Å². The average molecular weight is 370 g/mol. The minimum atomic E-state index is -0.554. The van der Waals surface area contributed by atoms with Crippen LogP contribution >= 0.6 is 11.6 Å². The van der Waals surface area contributed by atoms with Crippen LogP contribution in [0.25, 0.3) is 11.0 Å². The zero-order valence-corrected chi connectivity index (χ0v) is 14.6. The van der Waals surface area contributed by atoms with Crippen LogP contribution in [0.3, 0.4) is 0 Å². The van der Waals surface area contributed by atoms with Gasteiger partial charge in [-0.3, -0.25) is 9.59 Å². The molecular formula is C20H16ClNO4. The number of amides is 1. The van der Waals surface area contributed by atoms with Gasteiger partial charge in [0.25, 0.3) is 5.91 Å². The van der Waals surface area contributed by atoms with Crippen LogP contribution in [-0.2, 0) is 0 Å². The number of rotatable bonds is 4. The minimum absolute atomic E-state index is 0.0448. The first-order chi connectivity index (χ1) is 12.6. The van der Waals surface area contributed by atoms with Crippen LogP contribution < -0.4 is 5.43 Å². The molecule has 5 nitrogen and oxygen atoms in total. The van der Waals surface area contributed by atoms with E-state index in [1.165, 1.54) is 0 Å². The quantitative estimate of drug-likeness (QED) is 0.765. The highest BCUT2D eigenvalue weighted by Gasteiger charge is 2.42. The summed E-state index contributed by atoms with van der Waals surface area (Å²) in [5.74, 6) is -0.261. The predicted octanol–water partition coefficient (Wildman–Crippen LogP) is 3.37. The van der Waals surface area contributed by atoms with Crippen LogP contribution in [0.2, 0.25) is 5.02 Å². The Bertz CT molecular complexity index is 1040. The Labute approximate surface area is 154 Å². The number of hydrogen-bond donors (Lipinski definition) is 1. The largest absolute Gasteiger partial charge is 0.450 e. The van der Waals surface area contributed by atoms with Crippen molar-refractivity contribution in [2.75, 3.05) is 13.2 Å². The Balaban J connectivity index is 1.96. The number of para-hydroxylation sites is 1. The minimum Gasteiger partial charge on any atom is -0.450 e. The van der Waals surface area contributed by atoms with Crippen molar-refractivity contribution in [3.63, 3.8) is 0 Å². The van der Waals surface area contributed by atoms with Gasteiger partial charge in [0.2, 0.25) is 5.76 Å². The summed E-state index contributed by atoms with van der Waals surface area (Å²) in [7, 11) is 0. The maximum Gasteiger partial charge on any atom is 0.290 e. The lowest BCUT2D eigenvalue weighted by molar-refractivity contribution is 0.0716. The molecular weight excluding hydrogens is 354 g/mol. The summed E-state index contributed by atoms with van der Waals surface area (Å²) in [6, 6.07) is 13.4. The molecule has 3 aromatic rings. The summed E-state index contributed by atoms with van der Waals surface area (Å²) in [4.78, 5) is 27.6. The molecule has 1 amide bonds. The van der Waals surface area contributed by atoms with E-state index >= 15 is 0 Å². The molecule has 1 aromatic heterocycles. The average Bonchev–Trinajstić information content (AvgIpc) is 2.93. The molecule has 0 saturated heterocycles. The third-order valence-electron chi connectivity index (χ3n) is 4.62. The lowest BCUT2D eigenvalue weighted by Gasteiger charge is -2.24. The lowest BCUT2D eigenvalue weighted by atomic mass is 9.98. The monoisotopic (exact) mass is 369 g/mol. The first kappa shape index (κ1) is 16.8. The van der Waals surface area contributed by atoms with Crippen molar-refractivity contribution in [3.8, 4) is 0 Å². The lowest BCUT2D eigenvalue weighted by Crippen LogP contribution is -2.31. The molecule has 0 aliphatic carbocycles. The fourth-order valence-electron chi connectivity index (χ4n) is 3.43. The molecule has 1 aliphatic heterocycles. The van der Waals surface area contributed by atoms with Gasteiger partial charge in [-0.2, -0.15) is 0 Å². The van der Waals surface area contributed by atoms with E-state index in [2.05, 4.69) is 0 Å². The van der Waals surface area contributed by atoms with Crippen molar-refractivity contribution < 1.29 is 14.3 Å². The standard InChI is InChI=1S/C20H16ClNO4/c21-13-8-6-12(7-9-13)17-16-18(24)14-4-1-2-5-15(14)26-19(16)20(25)22(17)10-3-11-23/h1-2,4-9,17,23H,3,10-11H2. The van der Waals surface area contributed by atoms with Gasteiger partial charge in [-0.15, -0.1) is 0 Å². The number of halogens is 1. The molecule has 0 bridgehead atoms. The predicted molar refractivity (Wildman–Crippen MR) is 98.5 cm³/mol. The molecule has 132 valence electrons. The van der Waals surface area contributed by atoms with Gasteiger partial charge in [0.15, 0.2) is 5.43 Å². The SMILES string of the molecule is O=C1c2oc3ccccc3c(=O)c2C(c2ccc(Cl)cc2)N1CCCO. The van der Waals surface area contributed by atoms with Gasteiger partial charge in [0.05, 0.1) is 17.0 Å². The topological polar surface area (TPSA) is 70.8 Å². The number of benzene rings is 2. The van der Waals surface area contributed by atoms with E-state index in [-0.39, 0.29) is 23.7 Å². The Morgan fingerprint density at radius 2 is 1.81 bits per heavy atom. The van der Waals surface area contributed by atoms with Gasteiger partial charge in [0, 0.05) is 18.2 Å². The summed E-state index contributed by atoms with van der Waals surface area (Å²) in [5, 5.41) is 10.2. The van der Waals surface area contributed by atoms with Gasteiger partial charge in [0.1, 0.15) is 5.58 Å². The van der Waals surface area contributed by atoms with Crippen LogP contribution in [0.4, 0.5) is 0 Å². The van der Waals surface area contributed by atoms with Gasteiger partial charge in [-0.25, -0.2) is 0 Å².